The van der Waals surface area contributed by atoms with Gasteiger partial charge in [-0.05, 0) is 29.2 Å². The molecule has 0 spiro atoms. The number of alkyl halides is 2. The van der Waals surface area contributed by atoms with Gasteiger partial charge in [0.25, 0.3) is 10.0 Å². The fourth-order valence-corrected chi connectivity index (χ4v) is 4.47. The number of rotatable bonds is 10. The van der Waals surface area contributed by atoms with Crippen LogP contribution in [0.1, 0.15) is 0 Å². The Morgan fingerprint density at radius 2 is 1.70 bits per heavy atom. The van der Waals surface area contributed by atoms with Crippen LogP contribution in [0.5, 0.6) is 0 Å². The van der Waals surface area contributed by atoms with Crippen molar-refractivity contribution in [2.24, 2.45) is 0 Å². The Bertz CT molecular complexity index is 867. The van der Waals surface area contributed by atoms with E-state index in [1.165, 1.54) is 19.4 Å². The molecule has 27 heavy (non-hydrogen) atoms. The van der Waals surface area contributed by atoms with E-state index in [1.807, 2.05) is 12.1 Å². The van der Waals surface area contributed by atoms with Crippen LogP contribution in [-0.4, -0.2) is 53.7 Å². The van der Waals surface area contributed by atoms with Gasteiger partial charge >= 0.3 is 5.95 Å². The molecular weight excluding hydrogens is 506 g/mol. The van der Waals surface area contributed by atoms with Crippen molar-refractivity contribution >= 4 is 59.2 Å². The van der Waals surface area contributed by atoms with Crippen LogP contribution in [0.15, 0.2) is 36.7 Å². The second-order valence-electron chi connectivity index (χ2n) is 5.54. The topological polar surface area (TPSA) is 102 Å². The molecule has 1 heterocycles. The first-order chi connectivity index (χ1) is 12.8. The highest BCUT2D eigenvalue weighted by Gasteiger charge is 2.25. The van der Waals surface area contributed by atoms with Crippen molar-refractivity contribution < 1.29 is 13.3 Å². The molecule has 148 valence electrons. The van der Waals surface area contributed by atoms with Crippen molar-refractivity contribution in [3.63, 3.8) is 0 Å². The normalized spacial score (nSPS) is 11.4. The van der Waals surface area contributed by atoms with E-state index in [4.69, 9.17) is 0 Å². The summed E-state index contributed by atoms with van der Waals surface area (Å²) in [5.74, 6) is -1.08. The lowest BCUT2D eigenvalue weighted by Gasteiger charge is -2.24. The van der Waals surface area contributed by atoms with Crippen LogP contribution in [0.2, 0.25) is 0 Å². The van der Waals surface area contributed by atoms with Gasteiger partial charge in [-0.25, -0.2) is 13.0 Å². The molecule has 0 aliphatic heterocycles. The van der Waals surface area contributed by atoms with Crippen LogP contribution in [0.25, 0.3) is 0 Å². The highest BCUT2D eigenvalue weighted by Crippen LogP contribution is 2.23. The standard InChI is InChI=1S/C15H19Br2N5O4S/c1-19(27(25,26)12-21-11-8-18-15(21)22(23)24)13-2-4-14(5-3-13)20(9-6-16)10-7-17/h2-5,8,11H,6-7,9-10,12H2,1H3. The monoisotopic (exact) mass is 523 g/mol. The Morgan fingerprint density at radius 3 is 2.22 bits per heavy atom. The van der Waals surface area contributed by atoms with Gasteiger partial charge in [0.05, 0.1) is 5.69 Å². The van der Waals surface area contributed by atoms with Crippen LogP contribution in [0.4, 0.5) is 17.3 Å². The zero-order valence-corrected chi connectivity index (χ0v) is 18.5. The van der Waals surface area contributed by atoms with Crippen LogP contribution in [0, 0.1) is 10.1 Å². The summed E-state index contributed by atoms with van der Waals surface area (Å²) in [7, 11) is -2.40. The van der Waals surface area contributed by atoms with Gasteiger partial charge in [0.15, 0.2) is 5.88 Å². The quantitative estimate of drug-likeness (QED) is 0.269. The summed E-state index contributed by atoms with van der Waals surface area (Å²) in [5, 5.41) is 12.6. The Labute approximate surface area is 174 Å². The van der Waals surface area contributed by atoms with Gasteiger partial charge in [-0.2, -0.15) is 0 Å². The molecule has 0 aliphatic rings. The van der Waals surface area contributed by atoms with Crippen LogP contribution in [0.3, 0.4) is 0 Å². The molecule has 0 unspecified atom stereocenters. The van der Waals surface area contributed by atoms with Crippen molar-refractivity contribution in [3.8, 4) is 0 Å². The first-order valence-electron chi connectivity index (χ1n) is 7.89. The Kier molecular flexibility index (Phi) is 7.62. The number of hydrogen-bond acceptors (Lipinski definition) is 6. The van der Waals surface area contributed by atoms with Gasteiger partial charge in [-0.1, -0.05) is 36.8 Å². The van der Waals surface area contributed by atoms with Crippen LogP contribution < -0.4 is 9.21 Å². The summed E-state index contributed by atoms with van der Waals surface area (Å²) < 4.78 is 27.4. The lowest BCUT2D eigenvalue weighted by atomic mass is 10.2. The molecule has 0 radical (unpaired) electrons. The summed E-state index contributed by atoms with van der Waals surface area (Å²) in [6.45, 7) is 1.65. The van der Waals surface area contributed by atoms with Gasteiger partial charge in [0.2, 0.25) is 0 Å². The average Bonchev–Trinajstić information content (AvgIpc) is 3.09. The first kappa shape index (κ1) is 21.6. The number of hydrogen-bond donors (Lipinski definition) is 0. The van der Waals surface area contributed by atoms with E-state index in [1.54, 1.807) is 12.1 Å². The largest absolute Gasteiger partial charge is 0.435 e. The SMILES string of the molecule is CN(c1ccc(N(CCBr)CCBr)cc1)S(=O)(=O)Cn1ccnc1[N+](=O)[O-]. The second-order valence-corrected chi connectivity index (χ2v) is 9.10. The summed E-state index contributed by atoms with van der Waals surface area (Å²) in [6.07, 6.45) is 2.47. The maximum Gasteiger partial charge on any atom is 0.435 e. The van der Waals surface area contributed by atoms with Crippen molar-refractivity contribution in [3.05, 3.63) is 46.8 Å². The number of benzene rings is 1. The number of anilines is 2. The molecule has 0 aliphatic carbocycles. The zero-order valence-electron chi connectivity index (χ0n) is 14.5. The molecule has 0 saturated carbocycles. The van der Waals surface area contributed by atoms with Crippen LogP contribution >= 0.6 is 31.9 Å². The Hall–Kier alpha value is -1.66. The molecule has 12 heteroatoms. The van der Waals surface area contributed by atoms with E-state index in [0.717, 1.165) is 38.3 Å². The van der Waals surface area contributed by atoms with Gasteiger partial charge in [-0.15, -0.1) is 0 Å². The smallest absolute Gasteiger partial charge is 0.390 e. The molecule has 0 N–H and O–H groups in total. The Morgan fingerprint density at radius 1 is 1.15 bits per heavy atom. The number of imidazole rings is 1. The van der Waals surface area contributed by atoms with Crippen molar-refractivity contribution in [2.75, 3.05) is 40.0 Å². The van der Waals surface area contributed by atoms with E-state index >= 15 is 0 Å². The summed E-state index contributed by atoms with van der Waals surface area (Å²) >= 11 is 6.85. The summed E-state index contributed by atoms with van der Waals surface area (Å²) in [4.78, 5) is 15.9. The minimum absolute atomic E-state index is 0.471. The lowest BCUT2D eigenvalue weighted by Crippen LogP contribution is -2.30. The fourth-order valence-electron chi connectivity index (χ4n) is 2.44. The number of nitrogens with zero attached hydrogens (tertiary/aromatic N) is 5. The molecule has 0 fully saturated rings. The Balaban J connectivity index is 2.19. The van der Waals surface area contributed by atoms with Gasteiger partial charge in [0, 0.05) is 36.5 Å². The first-order valence-corrected chi connectivity index (χ1v) is 11.7. The minimum atomic E-state index is -3.82. The molecular formula is C15H19Br2N5O4S. The number of sulfonamides is 1. The molecule has 2 rings (SSSR count). The van der Waals surface area contributed by atoms with Gasteiger partial charge in [-0.3, -0.25) is 4.31 Å². The van der Waals surface area contributed by atoms with Gasteiger partial charge < -0.3 is 15.0 Å². The minimum Gasteiger partial charge on any atom is -0.390 e. The van der Waals surface area contributed by atoms with Gasteiger partial charge in [0.1, 0.15) is 12.4 Å². The van der Waals surface area contributed by atoms with E-state index in [0.29, 0.717) is 5.69 Å². The highest BCUT2D eigenvalue weighted by atomic mass is 79.9. The maximum absolute atomic E-state index is 12.6. The fraction of sp³-hybridized carbons (Fsp3) is 0.400. The van der Waals surface area contributed by atoms with Crippen molar-refractivity contribution in [1.82, 2.24) is 9.55 Å². The third-order valence-corrected chi connectivity index (χ3v) is 6.22. The molecule has 0 saturated heterocycles. The predicted octanol–water partition coefficient (Wildman–Crippen LogP) is 2.81. The molecule has 0 amide bonds. The number of aromatic nitrogens is 2. The van der Waals surface area contributed by atoms with Crippen molar-refractivity contribution in [2.45, 2.75) is 5.88 Å². The highest BCUT2D eigenvalue weighted by molar-refractivity contribution is 9.09. The summed E-state index contributed by atoms with van der Waals surface area (Å²) in [6, 6.07) is 7.13. The third kappa shape index (κ3) is 5.42. The van der Waals surface area contributed by atoms with E-state index in [-0.39, 0.29) is 0 Å². The molecule has 2 aromatic rings. The van der Waals surface area contributed by atoms with E-state index in [9.17, 15) is 18.5 Å². The molecule has 1 aromatic carbocycles. The molecule has 9 nitrogen and oxygen atoms in total. The average molecular weight is 525 g/mol. The third-order valence-electron chi connectivity index (χ3n) is 3.86. The zero-order chi connectivity index (χ0) is 20.0. The summed E-state index contributed by atoms with van der Waals surface area (Å²) in [5.41, 5.74) is 1.45. The molecule has 1 aromatic heterocycles. The lowest BCUT2D eigenvalue weighted by molar-refractivity contribution is -0.396. The van der Waals surface area contributed by atoms with Crippen molar-refractivity contribution in [1.29, 1.82) is 0 Å². The molecule has 0 bridgehead atoms. The maximum atomic E-state index is 12.6. The van der Waals surface area contributed by atoms with Crippen LogP contribution in [-0.2, 0) is 15.9 Å². The van der Waals surface area contributed by atoms with E-state index in [2.05, 4.69) is 41.7 Å². The van der Waals surface area contributed by atoms with E-state index < -0.39 is 26.8 Å². The number of halogens is 2. The predicted molar refractivity (Wildman–Crippen MR) is 112 cm³/mol. The number of nitro groups is 1. The second kappa shape index (κ2) is 9.51. The molecule has 0 atom stereocenters.